The number of hydrogen-bond donors (Lipinski definition) is 1. The van der Waals surface area contributed by atoms with Crippen LogP contribution in [0.2, 0.25) is 0 Å². The monoisotopic (exact) mass is 501 g/mol. The Morgan fingerprint density at radius 3 is 2.61 bits per heavy atom. The molecule has 6 nitrogen and oxygen atoms in total. The van der Waals surface area contributed by atoms with Gasteiger partial charge in [-0.25, -0.2) is 0 Å². The summed E-state index contributed by atoms with van der Waals surface area (Å²) >= 11 is 3.48. The molecule has 0 fully saturated rings. The number of ether oxygens (including phenoxy) is 2. The highest BCUT2D eigenvalue weighted by atomic mass is 79.9. The first-order valence-electron chi connectivity index (χ1n) is 9.93. The predicted octanol–water partition coefficient (Wildman–Crippen LogP) is 5.76. The number of amides is 1. The van der Waals surface area contributed by atoms with Crippen LogP contribution in [0.1, 0.15) is 22.3 Å². The molecule has 0 aliphatic carbocycles. The van der Waals surface area contributed by atoms with Crippen molar-refractivity contribution in [3.63, 3.8) is 0 Å². The van der Waals surface area contributed by atoms with Gasteiger partial charge in [-0.3, -0.25) is 4.79 Å². The second-order valence-corrected chi connectivity index (χ2v) is 7.94. The van der Waals surface area contributed by atoms with Gasteiger partial charge < -0.3 is 14.8 Å². The molecule has 3 aromatic carbocycles. The summed E-state index contributed by atoms with van der Waals surface area (Å²) in [6, 6.07) is 22.0. The highest BCUT2D eigenvalue weighted by molar-refractivity contribution is 9.10. The minimum atomic E-state index is -0.508. The molecular formula is C26H20BrN3O3. The number of carbonyl (C=O) groups excluding carboxylic acids is 1. The van der Waals surface area contributed by atoms with Gasteiger partial charge in [-0.15, -0.1) is 0 Å². The van der Waals surface area contributed by atoms with Gasteiger partial charge in [0.1, 0.15) is 18.2 Å². The molecule has 0 radical (unpaired) electrons. The van der Waals surface area contributed by atoms with E-state index in [9.17, 15) is 15.3 Å². The minimum Gasteiger partial charge on any atom is -0.493 e. The van der Waals surface area contributed by atoms with E-state index in [0.29, 0.717) is 32.8 Å². The van der Waals surface area contributed by atoms with Crippen LogP contribution >= 0.6 is 15.9 Å². The number of hydrogen-bond acceptors (Lipinski definition) is 5. The van der Waals surface area contributed by atoms with Crippen molar-refractivity contribution >= 4 is 33.6 Å². The zero-order valence-electron chi connectivity index (χ0n) is 18.1. The third-order valence-electron chi connectivity index (χ3n) is 4.71. The summed E-state index contributed by atoms with van der Waals surface area (Å²) < 4.78 is 12.0. The van der Waals surface area contributed by atoms with E-state index in [1.165, 1.54) is 13.2 Å². The zero-order chi connectivity index (χ0) is 23.8. The lowest BCUT2D eigenvalue weighted by molar-refractivity contribution is -0.112. The number of methoxy groups -OCH3 is 1. The van der Waals surface area contributed by atoms with Gasteiger partial charge in [0.2, 0.25) is 0 Å². The first-order valence-corrected chi connectivity index (χ1v) is 10.7. The van der Waals surface area contributed by atoms with E-state index in [-0.39, 0.29) is 12.2 Å². The molecule has 1 N–H and O–H groups in total. The van der Waals surface area contributed by atoms with Crippen molar-refractivity contribution < 1.29 is 14.3 Å². The summed E-state index contributed by atoms with van der Waals surface area (Å²) in [6.45, 7) is 2.10. The Labute approximate surface area is 200 Å². The van der Waals surface area contributed by atoms with E-state index in [4.69, 9.17) is 9.47 Å². The molecule has 0 unspecified atom stereocenters. The molecular weight excluding hydrogens is 482 g/mol. The Hall–Kier alpha value is -4.07. The molecule has 0 saturated heterocycles. The van der Waals surface area contributed by atoms with E-state index >= 15 is 0 Å². The summed E-state index contributed by atoms with van der Waals surface area (Å²) in [5.41, 5.74) is 3.42. The maximum atomic E-state index is 12.6. The molecule has 164 valence electrons. The van der Waals surface area contributed by atoms with Crippen LogP contribution in [-0.2, 0) is 11.4 Å². The number of anilines is 1. The van der Waals surface area contributed by atoms with Crippen LogP contribution in [0, 0.1) is 29.6 Å². The number of nitrogens with one attached hydrogen (secondary N) is 1. The van der Waals surface area contributed by atoms with Crippen LogP contribution in [0.25, 0.3) is 6.08 Å². The molecule has 0 aliphatic rings. The van der Waals surface area contributed by atoms with Crippen LogP contribution in [0.3, 0.4) is 0 Å². The molecule has 1 amide bonds. The molecule has 0 aromatic heterocycles. The van der Waals surface area contributed by atoms with Crippen LogP contribution in [-0.4, -0.2) is 13.0 Å². The molecule has 0 heterocycles. The average Bonchev–Trinajstić information content (AvgIpc) is 2.81. The maximum absolute atomic E-state index is 12.6. The summed E-state index contributed by atoms with van der Waals surface area (Å²) in [5.74, 6) is 0.359. The molecule has 0 aliphatic heterocycles. The van der Waals surface area contributed by atoms with Crippen molar-refractivity contribution in [2.45, 2.75) is 13.5 Å². The minimum absolute atomic E-state index is 0.0536. The van der Waals surface area contributed by atoms with Gasteiger partial charge in [-0.1, -0.05) is 30.3 Å². The largest absolute Gasteiger partial charge is 0.493 e. The fraction of sp³-hybridized carbons (Fsp3) is 0.115. The summed E-state index contributed by atoms with van der Waals surface area (Å²) in [5, 5.41) is 21.5. The van der Waals surface area contributed by atoms with Crippen molar-refractivity contribution in [1.82, 2.24) is 0 Å². The van der Waals surface area contributed by atoms with Crippen LogP contribution < -0.4 is 14.8 Å². The third kappa shape index (κ3) is 6.00. The number of benzene rings is 3. The van der Waals surface area contributed by atoms with Crippen LogP contribution in [0.15, 0.2) is 70.7 Å². The van der Waals surface area contributed by atoms with Crippen molar-refractivity contribution in [2.75, 3.05) is 12.4 Å². The number of nitriles is 2. The number of aryl methyl sites for hydroxylation is 1. The Bertz CT molecular complexity index is 1300. The molecule has 3 rings (SSSR count). The van der Waals surface area contributed by atoms with Crippen LogP contribution in [0.4, 0.5) is 5.69 Å². The predicted molar refractivity (Wildman–Crippen MR) is 130 cm³/mol. The van der Waals surface area contributed by atoms with Crippen molar-refractivity contribution in [3.8, 4) is 23.6 Å². The molecule has 0 saturated carbocycles. The lowest BCUT2D eigenvalue weighted by atomic mass is 10.1. The topological polar surface area (TPSA) is 95.1 Å². The average molecular weight is 502 g/mol. The second-order valence-electron chi connectivity index (χ2n) is 7.09. The number of rotatable bonds is 7. The van der Waals surface area contributed by atoms with E-state index in [1.54, 1.807) is 30.3 Å². The molecule has 0 spiro atoms. The van der Waals surface area contributed by atoms with E-state index in [0.717, 1.165) is 11.1 Å². The molecule has 33 heavy (non-hydrogen) atoms. The fourth-order valence-electron chi connectivity index (χ4n) is 3.10. The lowest BCUT2D eigenvalue weighted by Crippen LogP contribution is -2.13. The number of carbonyl (C=O) groups is 1. The van der Waals surface area contributed by atoms with Crippen molar-refractivity contribution in [2.24, 2.45) is 0 Å². The normalized spacial score (nSPS) is 10.6. The van der Waals surface area contributed by atoms with Gasteiger partial charge in [0.15, 0.2) is 11.5 Å². The van der Waals surface area contributed by atoms with Crippen LogP contribution in [0.5, 0.6) is 11.5 Å². The first kappa shape index (κ1) is 23.6. The van der Waals surface area contributed by atoms with Gasteiger partial charge in [0, 0.05) is 11.3 Å². The van der Waals surface area contributed by atoms with Gasteiger partial charge >= 0.3 is 0 Å². The summed E-state index contributed by atoms with van der Waals surface area (Å²) in [6.07, 6.45) is 1.48. The SMILES string of the molecule is COc1cc(/C=C(/C#N)C(=O)Nc2cccc(C)c2)cc(Br)c1OCc1ccccc1C#N. The highest BCUT2D eigenvalue weighted by Gasteiger charge is 2.15. The van der Waals surface area contributed by atoms with Gasteiger partial charge in [0.25, 0.3) is 5.91 Å². The fourth-order valence-corrected chi connectivity index (χ4v) is 3.68. The van der Waals surface area contributed by atoms with E-state index in [1.807, 2.05) is 43.3 Å². The van der Waals surface area contributed by atoms with Crippen molar-refractivity contribution in [3.05, 3.63) is 93.0 Å². The van der Waals surface area contributed by atoms with Gasteiger partial charge in [0.05, 0.1) is 23.2 Å². The maximum Gasteiger partial charge on any atom is 0.266 e. The Morgan fingerprint density at radius 1 is 1.12 bits per heavy atom. The van der Waals surface area contributed by atoms with E-state index < -0.39 is 5.91 Å². The molecule has 0 atom stereocenters. The van der Waals surface area contributed by atoms with Crippen molar-refractivity contribution in [1.29, 1.82) is 10.5 Å². The molecule has 3 aromatic rings. The molecule has 0 bridgehead atoms. The summed E-state index contributed by atoms with van der Waals surface area (Å²) in [7, 11) is 1.50. The number of nitrogens with zero attached hydrogens (tertiary/aromatic N) is 2. The first-order chi connectivity index (χ1) is 15.9. The smallest absolute Gasteiger partial charge is 0.266 e. The number of halogens is 1. The van der Waals surface area contributed by atoms with E-state index in [2.05, 4.69) is 27.3 Å². The second kappa shape index (κ2) is 11.0. The zero-order valence-corrected chi connectivity index (χ0v) is 19.6. The Morgan fingerprint density at radius 2 is 1.91 bits per heavy atom. The molecule has 7 heteroatoms. The third-order valence-corrected chi connectivity index (χ3v) is 5.30. The Kier molecular flexibility index (Phi) is 7.86. The standard InChI is InChI=1S/C26H20BrN3O3/c1-17-6-5-9-22(10-17)30-26(31)21(15-29)11-18-12-23(27)25(24(13-18)32-2)33-16-20-8-4-3-7-19(20)14-28/h3-13H,16H2,1-2H3,(H,30,31)/b21-11-. The van der Waals surface area contributed by atoms with Gasteiger partial charge in [-0.05, 0) is 70.4 Å². The van der Waals surface area contributed by atoms with Gasteiger partial charge in [-0.2, -0.15) is 10.5 Å². The highest BCUT2D eigenvalue weighted by Crippen LogP contribution is 2.38. The quantitative estimate of drug-likeness (QED) is 0.327. The summed E-state index contributed by atoms with van der Waals surface area (Å²) in [4.78, 5) is 12.6. The lowest BCUT2D eigenvalue weighted by Gasteiger charge is -2.14. The Balaban J connectivity index is 1.84.